The molecule has 110 valence electrons. The number of aliphatic carboxylic acids is 1. The Labute approximate surface area is 119 Å². The monoisotopic (exact) mass is 287 g/mol. The molecule has 0 aliphatic carbocycles. The summed E-state index contributed by atoms with van der Waals surface area (Å²) in [4.78, 5) is 13.2. The van der Waals surface area contributed by atoms with E-state index in [0.29, 0.717) is 11.3 Å². The van der Waals surface area contributed by atoms with Crippen LogP contribution in [0.4, 0.5) is 0 Å². The van der Waals surface area contributed by atoms with E-state index in [1.807, 2.05) is 13.0 Å². The van der Waals surface area contributed by atoms with Crippen molar-refractivity contribution in [3.05, 3.63) is 11.6 Å². The Morgan fingerprint density at radius 3 is 2.47 bits per heavy atom. The van der Waals surface area contributed by atoms with E-state index in [2.05, 4.69) is 32.6 Å². The molecule has 0 fully saturated rings. The van der Waals surface area contributed by atoms with Gasteiger partial charge in [0.25, 0.3) is 0 Å². The lowest BCUT2D eigenvalue weighted by Crippen LogP contribution is -2.50. The fraction of sp³-hybridized carbons (Fsp3) is 0.786. The smallest absolute Gasteiger partial charge is 0.334 e. The molecule has 0 saturated carbocycles. The van der Waals surface area contributed by atoms with Gasteiger partial charge in [-0.05, 0) is 18.9 Å². The maximum absolute atomic E-state index is 11.5. The van der Waals surface area contributed by atoms with Gasteiger partial charge in [-0.25, -0.2) is 4.79 Å². The van der Waals surface area contributed by atoms with E-state index in [1.54, 1.807) is 0 Å². The van der Waals surface area contributed by atoms with Crippen molar-refractivity contribution < 1.29 is 15.0 Å². The molecule has 2 atom stereocenters. The molecule has 1 rings (SSSR count). The predicted octanol–water partition coefficient (Wildman–Crippen LogP) is 2.19. The van der Waals surface area contributed by atoms with Crippen LogP contribution < -0.4 is 0 Å². The summed E-state index contributed by atoms with van der Waals surface area (Å²) in [6.45, 7) is 11.2. The van der Waals surface area contributed by atoms with Gasteiger partial charge in [-0.3, -0.25) is 4.90 Å². The SMILES string of the molecule is CCN1[C@H](C(C)(C)C)C=C(C(=O)O)[C@]1(C)SCCO. The van der Waals surface area contributed by atoms with Gasteiger partial charge < -0.3 is 10.2 Å². The van der Waals surface area contributed by atoms with Gasteiger partial charge in [0.1, 0.15) is 0 Å². The number of nitrogens with zero attached hydrogens (tertiary/aromatic N) is 1. The third kappa shape index (κ3) is 3.15. The molecule has 0 amide bonds. The van der Waals surface area contributed by atoms with Crippen LogP contribution in [0.1, 0.15) is 34.6 Å². The minimum atomic E-state index is -0.863. The lowest BCUT2D eigenvalue weighted by atomic mass is 9.86. The maximum atomic E-state index is 11.5. The highest BCUT2D eigenvalue weighted by Crippen LogP contribution is 2.46. The van der Waals surface area contributed by atoms with Gasteiger partial charge in [-0.2, -0.15) is 0 Å². The number of aliphatic hydroxyl groups excluding tert-OH is 1. The number of thioether (sulfide) groups is 1. The molecule has 4 nitrogen and oxygen atoms in total. The van der Waals surface area contributed by atoms with E-state index < -0.39 is 10.8 Å². The average Bonchev–Trinajstić information content (AvgIpc) is 2.59. The van der Waals surface area contributed by atoms with Crippen LogP contribution in [0.15, 0.2) is 11.6 Å². The van der Waals surface area contributed by atoms with E-state index in [1.165, 1.54) is 11.8 Å². The van der Waals surface area contributed by atoms with Crippen molar-refractivity contribution in [1.82, 2.24) is 4.90 Å². The van der Waals surface area contributed by atoms with Gasteiger partial charge in [0.2, 0.25) is 0 Å². The second-order valence-corrected chi connectivity index (χ2v) is 7.53. The van der Waals surface area contributed by atoms with Crippen molar-refractivity contribution in [2.24, 2.45) is 5.41 Å². The molecule has 0 radical (unpaired) electrons. The van der Waals surface area contributed by atoms with Crippen molar-refractivity contribution in [3.63, 3.8) is 0 Å². The van der Waals surface area contributed by atoms with Crippen LogP contribution in [0.2, 0.25) is 0 Å². The van der Waals surface area contributed by atoms with Gasteiger partial charge in [0.15, 0.2) is 0 Å². The number of carboxylic acids is 1. The zero-order chi connectivity index (χ0) is 14.8. The summed E-state index contributed by atoms with van der Waals surface area (Å²) in [7, 11) is 0. The number of aliphatic hydroxyl groups is 1. The summed E-state index contributed by atoms with van der Waals surface area (Å²) < 4.78 is 0. The van der Waals surface area contributed by atoms with Gasteiger partial charge in [0.05, 0.1) is 17.1 Å². The van der Waals surface area contributed by atoms with E-state index in [4.69, 9.17) is 5.11 Å². The predicted molar refractivity (Wildman–Crippen MR) is 79.3 cm³/mol. The number of hydrogen-bond acceptors (Lipinski definition) is 4. The number of carbonyl (C=O) groups is 1. The summed E-state index contributed by atoms with van der Waals surface area (Å²) in [5.74, 6) is -0.327. The molecule has 0 unspecified atom stereocenters. The average molecular weight is 287 g/mol. The molecular formula is C14H25NO3S. The largest absolute Gasteiger partial charge is 0.478 e. The first-order chi connectivity index (χ1) is 8.68. The summed E-state index contributed by atoms with van der Waals surface area (Å²) in [5, 5.41) is 18.5. The van der Waals surface area contributed by atoms with Gasteiger partial charge in [-0.15, -0.1) is 11.8 Å². The zero-order valence-electron chi connectivity index (χ0n) is 12.4. The molecule has 1 aliphatic heterocycles. The second-order valence-electron chi connectivity index (χ2n) is 6.04. The van der Waals surface area contributed by atoms with Crippen LogP contribution in [0.3, 0.4) is 0 Å². The Balaban J connectivity index is 3.19. The van der Waals surface area contributed by atoms with E-state index in [9.17, 15) is 9.90 Å². The van der Waals surface area contributed by atoms with Gasteiger partial charge >= 0.3 is 5.97 Å². The highest BCUT2D eigenvalue weighted by atomic mass is 32.2. The molecule has 1 heterocycles. The first-order valence-corrected chi connectivity index (χ1v) is 7.64. The normalized spacial score (nSPS) is 28.5. The van der Waals surface area contributed by atoms with Crippen molar-refractivity contribution in [3.8, 4) is 0 Å². The second kappa shape index (κ2) is 5.85. The van der Waals surface area contributed by atoms with Crippen molar-refractivity contribution in [2.45, 2.75) is 45.5 Å². The number of likely N-dealkylation sites (N-methyl/N-ethyl adjacent to an activating group) is 1. The van der Waals surface area contributed by atoms with Crippen molar-refractivity contribution in [2.75, 3.05) is 18.9 Å². The Kier molecular flexibility index (Phi) is 5.09. The highest BCUT2D eigenvalue weighted by molar-refractivity contribution is 8.00. The van der Waals surface area contributed by atoms with E-state index in [-0.39, 0.29) is 18.1 Å². The van der Waals surface area contributed by atoms with Crippen LogP contribution in [-0.4, -0.2) is 50.9 Å². The van der Waals surface area contributed by atoms with Crippen LogP contribution in [-0.2, 0) is 4.79 Å². The topological polar surface area (TPSA) is 60.8 Å². The molecular weight excluding hydrogens is 262 g/mol. The third-order valence-electron chi connectivity index (χ3n) is 3.64. The molecule has 0 bridgehead atoms. The lowest BCUT2D eigenvalue weighted by Gasteiger charge is -2.43. The minimum absolute atomic E-state index is 0.0196. The zero-order valence-corrected chi connectivity index (χ0v) is 13.3. The Hall–Kier alpha value is -0.520. The standard InChI is InChI=1S/C14H25NO3S/c1-6-15-11(13(2,3)4)9-10(12(17)18)14(15,5)19-8-7-16/h9,11,16H,6-8H2,1-5H3,(H,17,18)/t11-,14-/m0/s1. The fourth-order valence-electron chi connectivity index (χ4n) is 2.71. The fourth-order valence-corrected chi connectivity index (χ4v) is 3.92. The van der Waals surface area contributed by atoms with Gasteiger partial charge in [0, 0.05) is 11.8 Å². The quantitative estimate of drug-likeness (QED) is 0.811. The first-order valence-electron chi connectivity index (χ1n) is 6.65. The Morgan fingerprint density at radius 1 is 1.53 bits per heavy atom. The third-order valence-corrected chi connectivity index (χ3v) is 5.04. The van der Waals surface area contributed by atoms with E-state index >= 15 is 0 Å². The van der Waals surface area contributed by atoms with Crippen molar-refractivity contribution in [1.29, 1.82) is 0 Å². The Morgan fingerprint density at radius 2 is 2.11 bits per heavy atom. The van der Waals surface area contributed by atoms with Crippen molar-refractivity contribution >= 4 is 17.7 Å². The molecule has 0 spiro atoms. The van der Waals surface area contributed by atoms with Crippen LogP contribution in [0.25, 0.3) is 0 Å². The molecule has 1 aliphatic rings. The Bertz CT molecular complexity index is 375. The summed E-state index contributed by atoms with van der Waals surface area (Å²) in [6.07, 6.45) is 1.89. The first kappa shape index (κ1) is 16.5. The number of carboxylic acid groups (broad SMARTS) is 1. The van der Waals surface area contributed by atoms with Crippen LogP contribution in [0.5, 0.6) is 0 Å². The molecule has 0 aromatic carbocycles. The molecule has 19 heavy (non-hydrogen) atoms. The molecule has 0 saturated heterocycles. The summed E-state index contributed by atoms with van der Waals surface area (Å²) >= 11 is 1.50. The lowest BCUT2D eigenvalue weighted by molar-refractivity contribution is -0.133. The maximum Gasteiger partial charge on any atom is 0.334 e. The molecule has 2 N–H and O–H groups in total. The minimum Gasteiger partial charge on any atom is -0.478 e. The van der Waals surface area contributed by atoms with Crippen LogP contribution >= 0.6 is 11.8 Å². The molecule has 5 heteroatoms. The highest BCUT2D eigenvalue weighted by Gasteiger charge is 2.49. The summed E-state index contributed by atoms with van der Waals surface area (Å²) in [6, 6.07) is 0.0970. The number of hydrogen-bond donors (Lipinski definition) is 2. The van der Waals surface area contributed by atoms with E-state index in [0.717, 1.165) is 6.54 Å². The summed E-state index contributed by atoms with van der Waals surface area (Å²) in [5.41, 5.74) is 0.418. The molecule has 0 aromatic heterocycles. The molecule has 0 aromatic rings. The van der Waals surface area contributed by atoms with Gasteiger partial charge in [-0.1, -0.05) is 33.8 Å². The van der Waals surface area contributed by atoms with Crippen LogP contribution in [0, 0.1) is 5.41 Å². The number of rotatable bonds is 5.